The number of carbonyl (C=O) groups is 2. The SMILES string of the molecule is CCCCNC(=O)C(=O)NC[C@@H]1OCCCN1S(=O)(=O)c1ccc(F)c(C)c1. The van der Waals surface area contributed by atoms with Crippen LogP contribution >= 0.6 is 0 Å². The number of nitrogens with one attached hydrogen (secondary N) is 2. The summed E-state index contributed by atoms with van der Waals surface area (Å²) in [5, 5.41) is 4.90. The molecule has 2 amide bonds. The van der Waals surface area contributed by atoms with Crippen molar-refractivity contribution in [2.24, 2.45) is 0 Å². The molecule has 10 heteroatoms. The molecule has 1 heterocycles. The van der Waals surface area contributed by atoms with Gasteiger partial charge in [-0.1, -0.05) is 13.3 Å². The van der Waals surface area contributed by atoms with Crippen LogP contribution in [0.4, 0.5) is 4.39 Å². The van der Waals surface area contributed by atoms with Gasteiger partial charge in [0.1, 0.15) is 12.0 Å². The molecule has 0 saturated carbocycles. The summed E-state index contributed by atoms with van der Waals surface area (Å²) in [6.07, 6.45) is 1.18. The number of halogens is 1. The van der Waals surface area contributed by atoms with E-state index in [-0.39, 0.29) is 23.5 Å². The van der Waals surface area contributed by atoms with Crippen LogP contribution in [0.15, 0.2) is 23.1 Å². The lowest BCUT2D eigenvalue weighted by Gasteiger charge is -2.34. The zero-order valence-electron chi connectivity index (χ0n) is 16.0. The molecular formula is C18H26FN3O5S. The molecule has 1 fully saturated rings. The summed E-state index contributed by atoms with van der Waals surface area (Å²) in [6.45, 7) is 4.20. The van der Waals surface area contributed by atoms with Crippen LogP contribution in [0.5, 0.6) is 0 Å². The molecular weight excluding hydrogens is 389 g/mol. The first-order valence-corrected chi connectivity index (χ1v) is 10.7. The molecule has 0 unspecified atom stereocenters. The first kappa shape index (κ1) is 22.3. The van der Waals surface area contributed by atoms with E-state index in [1.54, 1.807) is 0 Å². The van der Waals surface area contributed by atoms with Crippen molar-refractivity contribution in [3.63, 3.8) is 0 Å². The summed E-state index contributed by atoms with van der Waals surface area (Å²) < 4.78 is 46.0. The minimum atomic E-state index is -3.95. The van der Waals surface area contributed by atoms with Gasteiger partial charge in [0.05, 0.1) is 18.0 Å². The molecule has 0 aliphatic carbocycles. The van der Waals surface area contributed by atoms with E-state index in [1.165, 1.54) is 19.1 Å². The summed E-state index contributed by atoms with van der Waals surface area (Å²) in [4.78, 5) is 23.6. The summed E-state index contributed by atoms with van der Waals surface area (Å²) in [5.74, 6) is -2.11. The third kappa shape index (κ3) is 5.49. The Kier molecular flexibility index (Phi) is 7.90. The van der Waals surface area contributed by atoms with Crippen molar-refractivity contribution in [1.29, 1.82) is 0 Å². The van der Waals surface area contributed by atoms with Crippen LogP contribution in [0.1, 0.15) is 31.7 Å². The van der Waals surface area contributed by atoms with Gasteiger partial charge in [-0.05, 0) is 43.5 Å². The molecule has 1 aliphatic heterocycles. The lowest BCUT2D eigenvalue weighted by atomic mass is 10.2. The van der Waals surface area contributed by atoms with E-state index < -0.39 is 33.9 Å². The number of benzene rings is 1. The molecule has 0 aromatic heterocycles. The molecule has 156 valence electrons. The minimum absolute atomic E-state index is 0.0504. The number of rotatable bonds is 7. The predicted molar refractivity (Wildman–Crippen MR) is 100 cm³/mol. The van der Waals surface area contributed by atoms with Gasteiger partial charge in [0.15, 0.2) is 0 Å². The van der Waals surface area contributed by atoms with Gasteiger partial charge in [-0.3, -0.25) is 9.59 Å². The van der Waals surface area contributed by atoms with Crippen LogP contribution in [0.3, 0.4) is 0 Å². The molecule has 1 saturated heterocycles. The summed E-state index contributed by atoms with van der Waals surface area (Å²) in [7, 11) is -3.95. The quantitative estimate of drug-likeness (QED) is 0.509. The summed E-state index contributed by atoms with van der Waals surface area (Å²) in [5.41, 5.74) is 0.215. The van der Waals surface area contributed by atoms with Gasteiger partial charge >= 0.3 is 11.8 Å². The molecule has 2 N–H and O–H groups in total. The summed E-state index contributed by atoms with van der Waals surface area (Å²) >= 11 is 0. The molecule has 1 atom stereocenters. The largest absolute Gasteiger partial charge is 0.360 e. The maximum Gasteiger partial charge on any atom is 0.309 e. The second-order valence-corrected chi connectivity index (χ2v) is 8.42. The van der Waals surface area contributed by atoms with Gasteiger partial charge in [0.2, 0.25) is 10.0 Å². The minimum Gasteiger partial charge on any atom is -0.360 e. The topological polar surface area (TPSA) is 105 Å². The number of ether oxygens (including phenoxy) is 1. The van der Waals surface area contributed by atoms with Crippen LogP contribution in [-0.4, -0.2) is 57.0 Å². The van der Waals surface area contributed by atoms with Crippen molar-refractivity contribution in [2.75, 3.05) is 26.2 Å². The van der Waals surface area contributed by atoms with Crippen LogP contribution in [0, 0.1) is 12.7 Å². The van der Waals surface area contributed by atoms with E-state index in [2.05, 4.69) is 10.6 Å². The fourth-order valence-electron chi connectivity index (χ4n) is 2.73. The van der Waals surface area contributed by atoms with E-state index in [0.29, 0.717) is 19.6 Å². The normalized spacial score (nSPS) is 17.9. The Morgan fingerprint density at radius 1 is 1.29 bits per heavy atom. The Hall–Kier alpha value is -2.04. The molecule has 1 aromatic carbocycles. The average Bonchev–Trinajstić information content (AvgIpc) is 2.68. The maximum atomic E-state index is 13.5. The zero-order valence-corrected chi connectivity index (χ0v) is 16.9. The average molecular weight is 415 g/mol. The van der Waals surface area contributed by atoms with E-state index in [1.807, 2.05) is 6.92 Å². The second kappa shape index (κ2) is 9.94. The number of nitrogens with zero attached hydrogens (tertiary/aromatic N) is 1. The molecule has 0 spiro atoms. The number of amides is 2. The van der Waals surface area contributed by atoms with Crippen molar-refractivity contribution in [2.45, 2.75) is 44.2 Å². The van der Waals surface area contributed by atoms with Crippen molar-refractivity contribution in [3.8, 4) is 0 Å². The van der Waals surface area contributed by atoms with Crippen LogP contribution in [0.2, 0.25) is 0 Å². The molecule has 1 aromatic rings. The molecule has 0 radical (unpaired) electrons. The Labute approximate surface area is 164 Å². The highest BCUT2D eigenvalue weighted by atomic mass is 32.2. The van der Waals surface area contributed by atoms with Crippen molar-refractivity contribution in [3.05, 3.63) is 29.6 Å². The first-order valence-electron chi connectivity index (χ1n) is 9.23. The van der Waals surface area contributed by atoms with Gasteiger partial charge in [-0.25, -0.2) is 12.8 Å². The third-order valence-corrected chi connectivity index (χ3v) is 6.23. The highest BCUT2D eigenvalue weighted by Gasteiger charge is 2.35. The van der Waals surface area contributed by atoms with Crippen LogP contribution in [-0.2, 0) is 24.3 Å². The highest BCUT2D eigenvalue weighted by molar-refractivity contribution is 7.89. The number of unbranched alkanes of at least 4 members (excludes halogenated alkanes) is 1. The maximum absolute atomic E-state index is 13.5. The Morgan fingerprint density at radius 2 is 2.00 bits per heavy atom. The number of aryl methyl sites for hydroxylation is 1. The molecule has 1 aliphatic rings. The molecule has 2 rings (SSSR count). The van der Waals surface area contributed by atoms with E-state index in [9.17, 15) is 22.4 Å². The standard InChI is InChI=1S/C18H26FN3O5S/c1-3-4-8-20-17(23)18(24)21-12-16-22(9-5-10-27-16)28(25,26)14-6-7-15(19)13(2)11-14/h6-7,11,16H,3-5,8-10,12H2,1-2H3,(H,20,23)(H,21,24)/t16-/m0/s1. The number of hydrogen-bond donors (Lipinski definition) is 2. The van der Waals surface area contributed by atoms with Gasteiger partial charge in [-0.2, -0.15) is 4.31 Å². The highest BCUT2D eigenvalue weighted by Crippen LogP contribution is 2.23. The fourth-order valence-corrected chi connectivity index (χ4v) is 4.39. The summed E-state index contributed by atoms with van der Waals surface area (Å²) in [6, 6.07) is 3.56. The molecule has 8 nitrogen and oxygen atoms in total. The Morgan fingerprint density at radius 3 is 2.68 bits per heavy atom. The van der Waals surface area contributed by atoms with Crippen molar-refractivity contribution < 1.29 is 27.1 Å². The van der Waals surface area contributed by atoms with E-state index in [0.717, 1.165) is 23.2 Å². The smallest absolute Gasteiger partial charge is 0.309 e. The predicted octanol–water partition coefficient (Wildman–Crippen LogP) is 0.904. The second-order valence-electron chi connectivity index (χ2n) is 6.53. The van der Waals surface area contributed by atoms with Gasteiger partial charge in [0, 0.05) is 13.1 Å². The van der Waals surface area contributed by atoms with Crippen molar-refractivity contribution in [1.82, 2.24) is 14.9 Å². The lowest BCUT2D eigenvalue weighted by molar-refractivity contribution is -0.140. The number of hydrogen-bond acceptors (Lipinski definition) is 5. The van der Waals surface area contributed by atoms with Gasteiger partial charge < -0.3 is 15.4 Å². The van der Waals surface area contributed by atoms with Gasteiger partial charge in [-0.15, -0.1) is 0 Å². The Balaban J connectivity index is 2.06. The van der Waals surface area contributed by atoms with E-state index >= 15 is 0 Å². The number of sulfonamides is 1. The Bertz CT molecular complexity index is 815. The zero-order chi connectivity index (χ0) is 20.7. The van der Waals surface area contributed by atoms with Gasteiger partial charge in [0.25, 0.3) is 0 Å². The molecule has 28 heavy (non-hydrogen) atoms. The van der Waals surface area contributed by atoms with Crippen LogP contribution < -0.4 is 10.6 Å². The van der Waals surface area contributed by atoms with Crippen molar-refractivity contribution >= 4 is 21.8 Å². The van der Waals surface area contributed by atoms with Crippen LogP contribution in [0.25, 0.3) is 0 Å². The molecule has 0 bridgehead atoms. The first-order chi connectivity index (χ1) is 13.3. The monoisotopic (exact) mass is 415 g/mol. The number of carbonyl (C=O) groups excluding carboxylic acids is 2. The van der Waals surface area contributed by atoms with E-state index in [4.69, 9.17) is 4.74 Å². The fraction of sp³-hybridized carbons (Fsp3) is 0.556. The lowest BCUT2D eigenvalue weighted by Crippen LogP contribution is -2.53. The third-order valence-electron chi connectivity index (χ3n) is 4.35.